The van der Waals surface area contributed by atoms with Crippen molar-refractivity contribution in [1.29, 1.82) is 0 Å². The fraction of sp³-hybridized carbons (Fsp3) is 0.440. The average molecular weight is 541 g/mol. The van der Waals surface area contributed by atoms with E-state index in [-0.39, 0.29) is 17.5 Å². The van der Waals surface area contributed by atoms with E-state index in [0.717, 1.165) is 12.2 Å². The molecule has 0 saturated heterocycles. The summed E-state index contributed by atoms with van der Waals surface area (Å²) in [6.07, 6.45) is -7.27. The number of aliphatic carboxylic acids is 1. The van der Waals surface area contributed by atoms with Gasteiger partial charge in [-0.1, -0.05) is 18.2 Å². The predicted molar refractivity (Wildman–Crippen MR) is 136 cm³/mol. The zero-order chi connectivity index (χ0) is 28.8. The number of phenols is 1. The summed E-state index contributed by atoms with van der Waals surface area (Å²) >= 11 is 0. The van der Waals surface area contributed by atoms with Crippen molar-refractivity contribution in [3.05, 3.63) is 53.6 Å². The number of carbonyl (C=O) groups excluding carboxylic acids is 1. The van der Waals surface area contributed by atoms with Crippen LogP contribution in [0.2, 0.25) is 0 Å². The minimum absolute atomic E-state index is 0.0381. The smallest absolute Gasteiger partial charge is 0.335 e. The monoisotopic (exact) mass is 540 g/mol. The largest absolute Gasteiger partial charge is 0.506 e. The Morgan fingerprint density at radius 2 is 1.66 bits per heavy atom. The molecule has 0 aliphatic heterocycles. The Labute approximate surface area is 219 Å². The number of carboxylic acid groups (broad SMARTS) is 1. The summed E-state index contributed by atoms with van der Waals surface area (Å²) in [5, 5.41) is 77.5. The van der Waals surface area contributed by atoms with E-state index in [1.54, 1.807) is 19.2 Å². The summed E-state index contributed by atoms with van der Waals surface area (Å²) in [5.74, 6) is -0.938. The lowest BCUT2D eigenvalue weighted by atomic mass is 10.0. The Bertz CT molecular complexity index is 990. The molecule has 13 nitrogen and oxygen atoms in total. The van der Waals surface area contributed by atoms with E-state index in [1.165, 1.54) is 11.6 Å². The molecular formula is C25H36N2O11. The van der Waals surface area contributed by atoms with Gasteiger partial charge in [-0.15, -0.1) is 0 Å². The molecule has 0 spiro atoms. The molecule has 0 aliphatic rings. The van der Waals surface area contributed by atoms with Gasteiger partial charge in [-0.3, -0.25) is 4.79 Å². The molecule has 0 aromatic heterocycles. The van der Waals surface area contributed by atoms with Crippen molar-refractivity contribution >= 4 is 18.1 Å². The number of amides is 1. The van der Waals surface area contributed by atoms with Gasteiger partial charge in [0.1, 0.15) is 29.8 Å². The van der Waals surface area contributed by atoms with Gasteiger partial charge >= 0.3 is 5.97 Å². The summed E-state index contributed by atoms with van der Waals surface area (Å²) in [5.41, 5.74) is 2.07. The first kappa shape index (κ1) is 32.7. The average Bonchev–Trinajstić information content (AvgIpc) is 2.92. The number of carbonyl (C=O) groups is 2. The number of rotatable bonds is 14. The van der Waals surface area contributed by atoms with Gasteiger partial charge in [0.2, 0.25) is 6.41 Å². The summed E-state index contributed by atoms with van der Waals surface area (Å²) < 4.78 is 5.14. The number of anilines is 1. The van der Waals surface area contributed by atoms with E-state index < -0.39 is 43.1 Å². The predicted octanol–water partition coefficient (Wildman–Crippen LogP) is -1.27. The van der Waals surface area contributed by atoms with Crippen LogP contribution in [-0.2, 0) is 16.0 Å². The van der Waals surface area contributed by atoms with Crippen LogP contribution in [0.3, 0.4) is 0 Å². The first-order valence-electron chi connectivity index (χ1n) is 11.6. The van der Waals surface area contributed by atoms with Gasteiger partial charge in [0, 0.05) is 12.6 Å². The number of ether oxygens (including phenoxy) is 1. The molecule has 6 unspecified atom stereocenters. The van der Waals surface area contributed by atoms with Gasteiger partial charge in [0.25, 0.3) is 0 Å². The lowest BCUT2D eigenvalue weighted by molar-refractivity contribution is -0.164. The van der Waals surface area contributed by atoms with E-state index >= 15 is 0 Å². The van der Waals surface area contributed by atoms with E-state index in [4.69, 9.17) is 35.4 Å². The Morgan fingerprint density at radius 1 is 1.03 bits per heavy atom. The molecule has 0 heterocycles. The number of methoxy groups -OCH3 is 1. The maximum Gasteiger partial charge on any atom is 0.335 e. The van der Waals surface area contributed by atoms with Crippen LogP contribution in [-0.4, -0.2) is 104 Å². The third-order valence-electron chi connectivity index (χ3n) is 5.49. The van der Waals surface area contributed by atoms with Crippen LogP contribution < -0.4 is 15.4 Å². The van der Waals surface area contributed by atoms with E-state index in [0.29, 0.717) is 18.5 Å². The van der Waals surface area contributed by atoms with Crippen LogP contribution in [0.4, 0.5) is 5.69 Å². The molecule has 2 aromatic carbocycles. The van der Waals surface area contributed by atoms with Crippen LogP contribution in [0.5, 0.6) is 11.5 Å². The quantitative estimate of drug-likeness (QED) is 0.0999. The highest BCUT2D eigenvalue weighted by molar-refractivity contribution is 5.75. The summed E-state index contributed by atoms with van der Waals surface area (Å²) in [4.78, 5) is 20.6. The number of hydrogen-bond donors (Lipinski definition) is 10. The standard InChI is InChI=1S/C19H24N2O4.C6H12O7/c1-13(9-14-3-6-16(25-2)7-4-14)20-11-19(24)15-5-8-18(23)17(10-15)21-12-22;7-1-2(8)3(9)4(10)5(11)6(12)13/h3-8,10,12-13,19-20,23-24H,9,11H2,1-2H3,(H,21,22);2-5,7-11H,1H2,(H,12,13). The molecule has 1 amide bonds. The maximum atomic E-state index is 10.5. The number of aliphatic hydroxyl groups excluding tert-OH is 6. The van der Waals surface area contributed by atoms with Gasteiger partial charge in [-0.2, -0.15) is 0 Å². The number of hydrogen-bond acceptors (Lipinski definition) is 11. The molecule has 0 fully saturated rings. The van der Waals surface area contributed by atoms with Crippen molar-refractivity contribution in [3.8, 4) is 11.5 Å². The normalized spacial score (nSPS) is 15.6. The molecular weight excluding hydrogens is 504 g/mol. The Balaban J connectivity index is 0.000000471. The second-order valence-corrected chi connectivity index (χ2v) is 8.43. The molecule has 2 aromatic rings. The molecule has 10 N–H and O–H groups in total. The third kappa shape index (κ3) is 10.6. The number of aromatic hydroxyl groups is 1. The molecule has 0 aliphatic carbocycles. The van der Waals surface area contributed by atoms with Gasteiger partial charge in [-0.05, 0) is 48.7 Å². The van der Waals surface area contributed by atoms with Crippen molar-refractivity contribution < 1.29 is 55.2 Å². The minimum atomic E-state index is -2.20. The molecule has 212 valence electrons. The number of benzene rings is 2. The molecule has 2 rings (SSSR count). The Hall–Kier alpha value is -3.30. The van der Waals surface area contributed by atoms with Crippen molar-refractivity contribution in [2.75, 3.05) is 25.6 Å². The second kappa shape index (κ2) is 16.5. The number of aliphatic hydroxyl groups is 6. The van der Waals surface area contributed by atoms with Gasteiger partial charge in [0.15, 0.2) is 6.10 Å². The van der Waals surface area contributed by atoms with Crippen molar-refractivity contribution in [2.45, 2.75) is 49.9 Å². The fourth-order valence-electron chi connectivity index (χ4n) is 3.23. The molecule has 6 atom stereocenters. The molecule has 0 radical (unpaired) electrons. The van der Waals surface area contributed by atoms with Crippen LogP contribution in [0.1, 0.15) is 24.2 Å². The minimum Gasteiger partial charge on any atom is -0.506 e. The summed E-state index contributed by atoms with van der Waals surface area (Å²) in [6, 6.07) is 12.7. The highest BCUT2D eigenvalue weighted by atomic mass is 16.5. The van der Waals surface area contributed by atoms with Crippen molar-refractivity contribution in [2.24, 2.45) is 0 Å². The number of phenolic OH excluding ortho intramolecular Hbond substituents is 1. The van der Waals surface area contributed by atoms with Crippen LogP contribution in [0, 0.1) is 0 Å². The first-order valence-corrected chi connectivity index (χ1v) is 11.6. The highest BCUT2D eigenvalue weighted by Gasteiger charge is 2.33. The van der Waals surface area contributed by atoms with E-state index in [9.17, 15) is 19.8 Å². The summed E-state index contributed by atoms with van der Waals surface area (Å²) in [7, 11) is 1.64. The second-order valence-electron chi connectivity index (χ2n) is 8.43. The lowest BCUT2D eigenvalue weighted by Crippen LogP contribution is -2.48. The zero-order valence-electron chi connectivity index (χ0n) is 21.0. The van der Waals surface area contributed by atoms with Crippen LogP contribution in [0.15, 0.2) is 42.5 Å². The molecule has 38 heavy (non-hydrogen) atoms. The van der Waals surface area contributed by atoms with Crippen LogP contribution in [0.25, 0.3) is 0 Å². The summed E-state index contributed by atoms with van der Waals surface area (Å²) in [6.45, 7) is 1.57. The topological polar surface area (TPSA) is 229 Å². The first-order chi connectivity index (χ1) is 17.9. The lowest BCUT2D eigenvalue weighted by Gasteiger charge is -2.23. The maximum absolute atomic E-state index is 10.5. The van der Waals surface area contributed by atoms with Gasteiger partial charge < -0.3 is 56.2 Å². The molecule has 13 heteroatoms. The van der Waals surface area contributed by atoms with Gasteiger partial charge in [-0.25, -0.2) is 4.79 Å². The van der Waals surface area contributed by atoms with E-state index in [1.807, 2.05) is 31.2 Å². The Kier molecular flexibility index (Phi) is 14.2. The zero-order valence-corrected chi connectivity index (χ0v) is 21.0. The van der Waals surface area contributed by atoms with Crippen molar-refractivity contribution in [1.82, 2.24) is 5.32 Å². The SMILES string of the molecule is COc1ccc(CC(C)NCC(O)c2ccc(O)c(NC=O)c2)cc1.O=C(O)C(O)C(O)C(O)C(O)CO. The van der Waals surface area contributed by atoms with Crippen molar-refractivity contribution in [3.63, 3.8) is 0 Å². The molecule has 0 bridgehead atoms. The van der Waals surface area contributed by atoms with Crippen LogP contribution >= 0.6 is 0 Å². The van der Waals surface area contributed by atoms with E-state index in [2.05, 4.69) is 10.6 Å². The number of nitrogens with one attached hydrogen (secondary N) is 2. The third-order valence-corrected chi connectivity index (χ3v) is 5.49. The highest BCUT2D eigenvalue weighted by Crippen LogP contribution is 2.26. The Morgan fingerprint density at radius 3 is 2.18 bits per heavy atom. The van der Waals surface area contributed by atoms with Gasteiger partial charge in [0.05, 0.1) is 25.5 Å². The number of carboxylic acids is 1. The molecule has 0 saturated carbocycles. The fourth-order valence-corrected chi connectivity index (χ4v) is 3.23.